The predicted molar refractivity (Wildman–Crippen MR) is 107 cm³/mol. The number of hydrogen-bond donors (Lipinski definition) is 1. The lowest BCUT2D eigenvalue weighted by atomic mass is 10.2. The first kappa shape index (κ1) is 19.6. The molecule has 3 aromatic rings. The molecule has 0 aliphatic heterocycles. The maximum Gasteiger partial charge on any atom is 0.338 e. The predicted octanol–water partition coefficient (Wildman–Crippen LogP) is 4.85. The number of thiophene rings is 1. The minimum atomic E-state index is -0.650. The first-order valence-corrected chi connectivity index (χ1v) is 9.67. The molecular formula is C19H14N2O5S2. The number of carbonyl (C=O) groups is 2. The Hall–Kier alpha value is -3.17. The summed E-state index contributed by atoms with van der Waals surface area (Å²) in [5.41, 5.74) is 0.419. The molecule has 1 heterocycles. The van der Waals surface area contributed by atoms with E-state index in [1.165, 1.54) is 36.6 Å². The SMILES string of the molecule is COC(=O)c1ccc(Sc2ccccc2NC(=O)c2cccs2)c([N+](=O)[O-])c1. The van der Waals surface area contributed by atoms with Crippen molar-refractivity contribution in [1.29, 1.82) is 0 Å². The topological polar surface area (TPSA) is 98.5 Å². The van der Waals surface area contributed by atoms with Crippen molar-refractivity contribution < 1.29 is 19.2 Å². The van der Waals surface area contributed by atoms with Crippen molar-refractivity contribution in [2.75, 3.05) is 12.4 Å². The van der Waals surface area contributed by atoms with Gasteiger partial charge in [0.15, 0.2) is 0 Å². The quantitative estimate of drug-likeness (QED) is 0.352. The number of nitro benzene ring substituents is 1. The largest absolute Gasteiger partial charge is 0.465 e. The van der Waals surface area contributed by atoms with Crippen LogP contribution in [0.2, 0.25) is 0 Å². The van der Waals surface area contributed by atoms with E-state index < -0.39 is 10.9 Å². The molecule has 0 fully saturated rings. The van der Waals surface area contributed by atoms with Crippen LogP contribution in [0.3, 0.4) is 0 Å². The number of anilines is 1. The highest BCUT2D eigenvalue weighted by molar-refractivity contribution is 7.99. The van der Waals surface area contributed by atoms with Gasteiger partial charge in [-0.1, -0.05) is 30.0 Å². The maximum atomic E-state index is 12.3. The normalized spacial score (nSPS) is 10.3. The van der Waals surface area contributed by atoms with Gasteiger partial charge in [0.25, 0.3) is 11.6 Å². The summed E-state index contributed by atoms with van der Waals surface area (Å²) in [6.07, 6.45) is 0. The number of nitrogens with zero attached hydrogens (tertiary/aromatic N) is 1. The molecule has 0 aliphatic carbocycles. The molecule has 0 saturated carbocycles. The van der Waals surface area contributed by atoms with Crippen molar-refractivity contribution in [3.05, 3.63) is 80.5 Å². The van der Waals surface area contributed by atoms with Crippen molar-refractivity contribution in [2.45, 2.75) is 9.79 Å². The van der Waals surface area contributed by atoms with Crippen LogP contribution in [0.1, 0.15) is 20.0 Å². The highest BCUT2D eigenvalue weighted by atomic mass is 32.2. The fourth-order valence-electron chi connectivity index (χ4n) is 2.36. The zero-order valence-corrected chi connectivity index (χ0v) is 16.2. The molecule has 7 nitrogen and oxygen atoms in total. The van der Waals surface area contributed by atoms with Crippen LogP contribution >= 0.6 is 23.1 Å². The van der Waals surface area contributed by atoms with Gasteiger partial charge in [-0.15, -0.1) is 11.3 Å². The van der Waals surface area contributed by atoms with Gasteiger partial charge in [0.05, 0.1) is 33.1 Å². The van der Waals surface area contributed by atoms with Crippen LogP contribution in [0, 0.1) is 10.1 Å². The number of hydrogen-bond acceptors (Lipinski definition) is 7. The minimum Gasteiger partial charge on any atom is -0.465 e. The van der Waals surface area contributed by atoms with Gasteiger partial charge in [0.1, 0.15) is 0 Å². The van der Waals surface area contributed by atoms with E-state index in [0.717, 1.165) is 11.8 Å². The third-order valence-electron chi connectivity index (χ3n) is 3.68. The first-order valence-electron chi connectivity index (χ1n) is 7.98. The fraction of sp³-hybridized carbons (Fsp3) is 0.0526. The molecule has 1 N–H and O–H groups in total. The molecule has 0 saturated heterocycles. The molecule has 1 amide bonds. The number of carbonyl (C=O) groups excluding carboxylic acids is 2. The summed E-state index contributed by atoms with van der Waals surface area (Å²) in [5.74, 6) is -0.901. The van der Waals surface area contributed by atoms with E-state index in [1.54, 1.807) is 36.4 Å². The fourth-order valence-corrected chi connectivity index (χ4v) is 3.97. The van der Waals surface area contributed by atoms with Crippen LogP contribution in [0.15, 0.2) is 69.8 Å². The van der Waals surface area contributed by atoms with Crippen molar-refractivity contribution in [3.8, 4) is 0 Å². The van der Waals surface area contributed by atoms with Gasteiger partial charge in [-0.25, -0.2) is 4.79 Å². The summed E-state index contributed by atoms with van der Waals surface area (Å²) >= 11 is 2.45. The number of para-hydroxylation sites is 1. The summed E-state index contributed by atoms with van der Waals surface area (Å²) in [5, 5.41) is 16.1. The number of nitro groups is 1. The zero-order valence-electron chi connectivity index (χ0n) is 14.6. The molecule has 0 bridgehead atoms. The standard InChI is InChI=1S/C19H14N2O5S2/c1-26-19(23)12-8-9-16(14(11-12)21(24)25)28-15-6-3-2-5-13(15)20-18(22)17-7-4-10-27-17/h2-11H,1H3,(H,20,22). The Morgan fingerprint density at radius 2 is 1.89 bits per heavy atom. The zero-order chi connectivity index (χ0) is 20.1. The van der Waals surface area contributed by atoms with Gasteiger partial charge in [0, 0.05) is 11.0 Å². The summed E-state index contributed by atoms with van der Waals surface area (Å²) in [6.45, 7) is 0. The molecule has 2 aromatic carbocycles. The third-order valence-corrected chi connectivity index (χ3v) is 5.69. The number of ether oxygens (including phenoxy) is 1. The monoisotopic (exact) mass is 414 g/mol. The van der Waals surface area contributed by atoms with Gasteiger partial charge < -0.3 is 10.1 Å². The van der Waals surface area contributed by atoms with E-state index in [2.05, 4.69) is 10.1 Å². The average Bonchev–Trinajstić information content (AvgIpc) is 3.24. The second-order valence-corrected chi connectivity index (χ2v) is 7.49. The van der Waals surface area contributed by atoms with Gasteiger partial charge in [-0.3, -0.25) is 14.9 Å². The second-order valence-electron chi connectivity index (χ2n) is 5.46. The van der Waals surface area contributed by atoms with Crippen LogP contribution < -0.4 is 5.32 Å². The average molecular weight is 414 g/mol. The van der Waals surface area contributed by atoms with Crippen LogP contribution in [0.25, 0.3) is 0 Å². The highest BCUT2D eigenvalue weighted by Crippen LogP contribution is 2.39. The molecule has 0 spiro atoms. The van der Waals surface area contributed by atoms with Crippen LogP contribution in [0.4, 0.5) is 11.4 Å². The van der Waals surface area contributed by atoms with Gasteiger partial charge in [0.2, 0.25) is 0 Å². The Labute approximate surface area is 168 Å². The number of benzene rings is 2. The van der Waals surface area contributed by atoms with E-state index in [9.17, 15) is 19.7 Å². The Balaban J connectivity index is 1.91. The summed E-state index contributed by atoms with van der Waals surface area (Å²) in [7, 11) is 1.21. The summed E-state index contributed by atoms with van der Waals surface area (Å²) in [4.78, 5) is 36.4. The summed E-state index contributed by atoms with van der Waals surface area (Å²) in [6, 6.07) is 14.7. The lowest BCUT2D eigenvalue weighted by Crippen LogP contribution is -2.10. The van der Waals surface area contributed by atoms with E-state index in [-0.39, 0.29) is 17.2 Å². The Morgan fingerprint density at radius 1 is 1.11 bits per heavy atom. The van der Waals surface area contributed by atoms with Crippen molar-refractivity contribution >= 4 is 46.3 Å². The van der Waals surface area contributed by atoms with Crippen LogP contribution in [-0.2, 0) is 4.74 Å². The number of methoxy groups -OCH3 is 1. The molecule has 3 rings (SSSR count). The number of amides is 1. The third kappa shape index (κ3) is 4.38. The van der Waals surface area contributed by atoms with Gasteiger partial charge in [-0.05, 0) is 35.7 Å². The van der Waals surface area contributed by atoms with Crippen molar-refractivity contribution in [2.24, 2.45) is 0 Å². The van der Waals surface area contributed by atoms with E-state index in [0.29, 0.717) is 20.4 Å². The van der Waals surface area contributed by atoms with E-state index in [1.807, 2.05) is 5.38 Å². The molecule has 1 aromatic heterocycles. The molecule has 0 aliphatic rings. The maximum absolute atomic E-state index is 12.3. The highest BCUT2D eigenvalue weighted by Gasteiger charge is 2.20. The first-order chi connectivity index (χ1) is 13.5. The van der Waals surface area contributed by atoms with Crippen molar-refractivity contribution in [3.63, 3.8) is 0 Å². The lowest BCUT2D eigenvalue weighted by Gasteiger charge is -2.11. The number of nitrogens with one attached hydrogen (secondary N) is 1. The molecule has 142 valence electrons. The number of esters is 1. The lowest BCUT2D eigenvalue weighted by molar-refractivity contribution is -0.387. The minimum absolute atomic E-state index is 0.0952. The molecule has 28 heavy (non-hydrogen) atoms. The second kappa shape index (κ2) is 8.68. The van der Waals surface area contributed by atoms with Crippen LogP contribution in [0.5, 0.6) is 0 Å². The molecule has 0 atom stereocenters. The molecule has 0 unspecified atom stereocenters. The number of rotatable bonds is 6. The Morgan fingerprint density at radius 3 is 2.57 bits per heavy atom. The summed E-state index contributed by atoms with van der Waals surface area (Å²) < 4.78 is 4.61. The van der Waals surface area contributed by atoms with E-state index >= 15 is 0 Å². The Kier molecular flexibility index (Phi) is 6.07. The van der Waals surface area contributed by atoms with Crippen molar-refractivity contribution in [1.82, 2.24) is 0 Å². The molecular weight excluding hydrogens is 400 g/mol. The van der Waals surface area contributed by atoms with Crippen LogP contribution in [-0.4, -0.2) is 23.9 Å². The molecule has 9 heteroatoms. The van der Waals surface area contributed by atoms with Gasteiger partial charge >= 0.3 is 5.97 Å². The van der Waals surface area contributed by atoms with Gasteiger partial charge in [-0.2, -0.15) is 0 Å². The Bertz CT molecular complexity index is 1030. The molecule has 0 radical (unpaired) electrons. The van der Waals surface area contributed by atoms with E-state index in [4.69, 9.17) is 0 Å². The smallest absolute Gasteiger partial charge is 0.338 e.